The van der Waals surface area contributed by atoms with Gasteiger partial charge in [-0.25, -0.2) is 0 Å². The molecule has 1 saturated heterocycles. The third-order valence-electron chi connectivity index (χ3n) is 2.41. The number of carbonyl (C=O) groups excluding carboxylic acids is 1. The Balaban J connectivity index is 2.23. The van der Waals surface area contributed by atoms with E-state index in [2.05, 4.69) is 12.2 Å². The Morgan fingerprint density at radius 1 is 1.75 bits per heavy atom. The highest BCUT2D eigenvalue weighted by atomic mass is 16.3. The summed E-state index contributed by atoms with van der Waals surface area (Å²) in [7, 11) is 0. The number of unbranched alkanes of at least 4 members (excludes halogenated alkanes) is 1. The fourth-order valence-electron chi connectivity index (χ4n) is 1.55. The molecule has 1 aliphatic rings. The highest BCUT2D eigenvalue weighted by Gasteiger charge is 2.27. The summed E-state index contributed by atoms with van der Waals surface area (Å²) in [6.07, 6.45) is 3.20. The lowest BCUT2D eigenvalue weighted by Crippen LogP contribution is -2.22. The van der Waals surface area contributed by atoms with Crippen LogP contribution in [0.3, 0.4) is 0 Å². The van der Waals surface area contributed by atoms with Gasteiger partial charge in [-0.05, 0) is 6.42 Å². The van der Waals surface area contributed by atoms with Gasteiger partial charge in [0.05, 0.1) is 6.10 Å². The van der Waals surface area contributed by atoms with Crippen molar-refractivity contribution in [1.29, 1.82) is 0 Å². The van der Waals surface area contributed by atoms with Crippen LogP contribution in [-0.2, 0) is 4.79 Å². The monoisotopic (exact) mass is 171 g/mol. The van der Waals surface area contributed by atoms with Gasteiger partial charge in [0, 0.05) is 18.9 Å². The van der Waals surface area contributed by atoms with Crippen molar-refractivity contribution in [2.24, 2.45) is 5.92 Å². The van der Waals surface area contributed by atoms with Crippen LogP contribution in [0, 0.1) is 5.92 Å². The first-order valence-corrected chi connectivity index (χ1v) is 4.68. The SMILES string of the molecule is CCCCC(O)[C@H]1CNC(=O)C1. The van der Waals surface area contributed by atoms with E-state index in [9.17, 15) is 9.90 Å². The highest BCUT2D eigenvalue weighted by Crippen LogP contribution is 2.17. The Hall–Kier alpha value is -0.570. The molecular formula is C9H17NO2. The predicted octanol–water partition coefficient (Wildman–Crippen LogP) is 0.674. The van der Waals surface area contributed by atoms with Crippen LogP contribution >= 0.6 is 0 Å². The van der Waals surface area contributed by atoms with Gasteiger partial charge in [-0.15, -0.1) is 0 Å². The second kappa shape index (κ2) is 4.45. The molecular weight excluding hydrogens is 154 g/mol. The number of nitrogens with one attached hydrogen (secondary N) is 1. The maximum Gasteiger partial charge on any atom is 0.220 e. The maximum atomic E-state index is 10.8. The fourth-order valence-corrected chi connectivity index (χ4v) is 1.55. The molecule has 2 atom stereocenters. The van der Waals surface area contributed by atoms with Gasteiger partial charge < -0.3 is 10.4 Å². The summed E-state index contributed by atoms with van der Waals surface area (Å²) in [5.41, 5.74) is 0. The Labute approximate surface area is 73.2 Å². The van der Waals surface area contributed by atoms with Crippen molar-refractivity contribution in [3.05, 3.63) is 0 Å². The number of aliphatic hydroxyl groups is 1. The summed E-state index contributed by atoms with van der Waals surface area (Å²) in [4.78, 5) is 10.8. The van der Waals surface area contributed by atoms with E-state index in [1.54, 1.807) is 0 Å². The second-order valence-corrected chi connectivity index (χ2v) is 3.48. The normalized spacial score (nSPS) is 25.5. The lowest BCUT2D eigenvalue weighted by molar-refractivity contribution is -0.119. The van der Waals surface area contributed by atoms with E-state index in [4.69, 9.17) is 0 Å². The van der Waals surface area contributed by atoms with E-state index in [1.165, 1.54) is 0 Å². The number of hydrogen-bond donors (Lipinski definition) is 2. The Morgan fingerprint density at radius 2 is 2.50 bits per heavy atom. The average molecular weight is 171 g/mol. The lowest BCUT2D eigenvalue weighted by Gasteiger charge is -2.14. The van der Waals surface area contributed by atoms with Crippen LogP contribution < -0.4 is 5.32 Å². The molecule has 12 heavy (non-hydrogen) atoms. The molecule has 1 amide bonds. The van der Waals surface area contributed by atoms with Crippen molar-refractivity contribution in [3.8, 4) is 0 Å². The third-order valence-corrected chi connectivity index (χ3v) is 2.41. The molecule has 1 fully saturated rings. The molecule has 1 rings (SSSR count). The molecule has 0 bridgehead atoms. The first kappa shape index (κ1) is 9.52. The summed E-state index contributed by atoms with van der Waals surface area (Å²) >= 11 is 0. The Bertz CT molecular complexity index is 159. The van der Waals surface area contributed by atoms with Crippen LogP contribution in [0.1, 0.15) is 32.6 Å². The van der Waals surface area contributed by atoms with Gasteiger partial charge in [-0.3, -0.25) is 4.79 Å². The average Bonchev–Trinajstić information content (AvgIpc) is 2.47. The van der Waals surface area contributed by atoms with Crippen LogP contribution in [0.2, 0.25) is 0 Å². The van der Waals surface area contributed by atoms with E-state index in [0.29, 0.717) is 13.0 Å². The van der Waals surface area contributed by atoms with Crippen LogP contribution in [0.4, 0.5) is 0 Å². The first-order valence-electron chi connectivity index (χ1n) is 4.68. The standard InChI is InChI=1S/C9H17NO2/c1-2-3-4-8(11)7-5-9(12)10-6-7/h7-8,11H,2-6H2,1H3,(H,10,12)/t7-,8?/m1/s1. The molecule has 0 spiro atoms. The smallest absolute Gasteiger partial charge is 0.220 e. The van der Waals surface area contributed by atoms with Crippen molar-refractivity contribution in [2.75, 3.05) is 6.54 Å². The molecule has 1 heterocycles. The zero-order chi connectivity index (χ0) is 8.97. The van der Waals surface area contributed by atoms with Gasteiger partial charge >= 0.3 is 0 Å². The van der Waals surface area contributed by atoms with E-state index < -0.39 is 0 Å². The summed E-state index contributed by atoms with van der Waals surface area (Å²) in [6, 6.07) is 0. The van der Waals surface area contributed by atoms with Crippen molar-refractivity contribution in [1.82, 2.24) is 5.32 Å². The van der Waals surface area contributed by atoms with Crippen LogP contribution in [0.25, 0.3) is 0 Å². The van der Waals surface area contributed by atoms with Gasteiger partial charge in [-0.2, -0.15) is 0 Å². The minimum absolute atomic E-state index is 0.0792. The summed E-state index contributed by atoms with van der Waals surface area (Å²) in [5, 5.41) is 12.3. The summed E-state index contributed by atoms with van der Waals surface area (Å²) in [6.45, 7) is 2.76. The molecule has 70 valence electrons. The van der Waals surface area contributed by atoms with Crippen LogP contribution in [0.5, 0.6) is 0 Å². The van der Waals surface area contributed by atoms with E-state index in [1.807, 2.05) is 0 Å². The van der Waals surface area contributed by atoms with Gasteiger partial charge in [-0.1, -0.05) is 19.8 Å². The molecule has 0 aromatic heterocycles. The fraction of sp³-hybridized carbons (Fsp3) is 0.889. The highest BCUT2D eigenvalue weighted by molar-refractivity contribution is 5.78. The molecule has 3 heteroatoms. The molecule has 0 radical (unpaired) electrons. The van der Waals surface area contributed by atoms with E-state index in [0.717, 1.165) is 19.3 Å². The van der Waals surface area contributed by atoms with E-state index >= 15 is 0 Å². The largest absolute Gasteiger partial charge is 0.393 e. The Morgan fingerprint density at radius 3 is 3.00 bits per heavy atom. The second-order valence-electron chi connectivity index (χ2n) is 3.48. The van der Waals surface area contributed by atoms with Gasteiger partial charge in [0.2, 0.25) is 5.91 Å². The predicted molar refractivity (Wildman–Crippen MR) is 46.6 cm³/mol. The quantitative estimate of drug-likeness (QED) is 0.653. The lowest BCUT2D eigenvalue weighted by atomic mass is 9.97. The molecule has 1 aliphatic heterocycles. The molecule has 0 saturated carbocycles. The third kappa shape index (κ3) is 2.48. The number of amides is 1. The minimum atomic E-state index is -0.288. The zero-order valence-electron chi connectivity index (χ0n) is 7.55. The number of aliphatic hydroxyl groups excluding tert-OH is 1. The molecule has 2 N–H and O–H groups in total. The molecule has 0 aromatic rings. The zero-order valence-corrected chi connectivity index (χ0v) is 7.55. The molecule has 0 aromatic carbocycles. The van der Waals surface area contributed by atoms with Crippen LogP contribution in [0.15, 0.2) is 0 Å². The van der Waals surface area contributed by atoms with Gasteiger partial charge in [0.15, 0.2) is 0 Å². The van der Waals surface area contributed by atoms with Crippen molar-refractivity contribution >= 4 is 5.91 Å². The van der Waals surface area contributed by atoms with Crippen LogP contribution in [-0.4, -0.2) is 23.7 Å². The van der Waals surface area contributed by atoms with Crippen molar-refractivity contribution in [3.63, 3.8) is 0 Å². The number of carbonyl (C=O) groups is 1. The topological polar surface area (TPSA) is 49.3 Å². The Kier molecular flexibility index (Phi) is 3.53. The summed E-state index contributed by atoms with van der Waals surface area (Å²) in [5.74, 6) is 0.236. The van der Waals surface area contributed by atoms with Gasteiger partial charge in [0.1, 0.15) is 0 Å². The summed E-state index contributed by atoms with van der Waals surface area (Å²) < 4.78 is 0. The van der Waals surface area contributed by atoms with Crippen molar-refractivity contribution < 1.29 is 9.90 Å². The van der Waals surface area contributed by atoms with E-state index in [-0.39, 0.29) is 17.9 Å². The minimum Gasteiger partial charge on any atom is -0.393 e. The molecule has 1 unspecified atom stereocenters. The number of rotatable bonds is 4. The number of hydrogen-bond acceptors (Lipinski definition) is 2. The van der Waals surface area contributed by atoms with Gasteiger partial charge in [0.25, 0.3) is 0 Å². The van der Waals surface area contributed by atoms with Crippen molar-refractivity contribution in [2.45, 2.75) is 38.7 Å². The maximum absolute atomic E-state index is 10.8. The first-order chi connectivity index (χ1) is 5.74. The molecule has 0 aliphatic carbocycles. The molecule has 3 nitrogen and oxygen atoms in total.